The zero-order valence-electron chi connectivity index (χ0n) is 17.0. The van der Waals surface area contributed by atoms with Crippen LogP contribution in [-0.2, 0) is 10.0 Å². The van der Waals surface area contributed by atoms with Gasteiger partial charge in [0.1, 0.15) is 0 Å². The summed E-state index contributed by atoms with van der Waals surface area (Å²) in [6.45, 7) is 3.52. The summed E-state index contributed by atoms with van der Waals surface area (Å²) in [6.07, 6.45) is 0. The maximum atomic E-state index is 13.1. The topological polar surface area (TPSA) is 88.2 Å². The molecule has 2 heterocycles. The fourth-order valence-corrected chi connectivity index (χ4v) is 5.15. The number of sulfonamides is 1. The second-order valence-corrected chi connectivity index (χ2v) is 9.97. The Kier molecular flexibility index (Phi) is 5.86. The van der Waals surface area contributed by atoms with Gasteiger partial charge in [0.25, 0.3) is 5.91 Å². The number of nitrogens with one attached hydrogen (secondary N) is 2. The van der Waals surface area contributed by atoms with Gasteiger partial charge in [-0.2, -0.15) is 0 Å². The molecule has 0 saturated carbocycles. The molecule has 0 bridgehead atoms. The lowest BCUT2D eigenvalue weighted by molar-refractivity contribution is 0.102. The van der Waals surface area contributed by atoms with Crippen molar-refractivity contribution in [3.8, 4) is 10.6 Å². The average molecular weight is 452 g/mol. The number of nitrogens with zero attached hydrogens (tertiary/aromatic N) is 1. The van der Waals surface area contributed by atoms with Crippen molar-refractivity contribution in [3.63, 3.8) is 0 Å². The molecule has 8 heteroatoms. The molecule has 1 amide bonds. The molecule has 2 aromatic carbocycles. The monoisotopic (exact) mass is 451 g/mol. The van der Waals surface area contributed by atoms with Gasteiger partial charge >= 0.3 is 0 Å². The molecular weight excluding hydrogens is 430 g/mol. The molecule has 0 saturated heterocycles. The first-order valence-electron chi connectivity index (χ1n) is 9.71. The van der Waals surface area contributed by atoms with Crippen molar-refractivity contribution in [2.24, 2.45) is 0 Å². The summed E-state index contributed by atoms with van der Waals surface area (Å²) in [7, 11) is -3.59. The summed E-state index contributed by atoms with van der Waals surface area (Å²) in [4.78, 5) is 18.9. The number of carbonyl (C=O) groups is 1. The van der Waals surface area contributed by atoms with E-state index in [4.69, 9.17) is 0 Å². The highest BCUT2D eigenvalue weighted by Gasteiger charge is 2.17. The van der Waals surface area contributed by atoms with Gasteiger partial charge in [0, 0.05) is 17.1 Å². The summed E-state index contributed by atoms with van der Waals surface area (Å²) < 4.78 is 27.1. The molecular formula is C23H21N3O3S2. The van der Waals surface area contributed by atoms with E-state index in [1.807, 2.05) is 41.8 Å². The normalized spacial score (nSPS) is 11.7. The molecule has 0 unspecified atom stereocenters. The number of fused-ring (bicyclic) bond motifs is 1. The largest absolute Gasteiger partial charge is 0.322 e. The number of hydrogen-bond acceptors (Lipinski definition) is 5. The third-order valence-electron chi connectivity index (χ3n) is 4.55. The maximum absolute atomic E-state index is 13.1. The number of para-hydroxylation sites is 1. The van der Waals surface area contributed by atoms with Gasteiger partial charge in [-0.25, -0.2) is 18.1 Å². The second kappa shape index (κ2) is 8.58. The van der Waals surface area contributed by atoms with Gasteiger partial charge in [-0.1, -0.05) is 24.3 Å². The molecule has 4 rings (SSSR count). The SMILES string of the molecule is CC(C)NS(=O)(=O)c1ccc(NC(=O)c2cc(-c3cccs3)nc3ccccc23)cc1. The fraction of sp³-hybridized carbons (Fsp3) is 0.130. The maximum Gasteiger partial charge on any atom is 0.256 e. The highest BCUT2D eigenvalue weighted by atomic mass is 32.2. The lowest BCUT2D eigenvalue weighted by atomic mass is 10.1. The van der Waals surface area contributed by atoms with Gasteiger partial charge in [0.2, 0.25) is 10.0 Å². The van der Waals surface area contributed by atoms with Gasteiger partial charge in [0.15, 0.2) is 0 Å². The lowest BCUT2D eigenvalue weighted by Crippen LogP contribution is -2.30. The van der Waals surface area contributed by atoms with E-state index in [-0.39, 0.29) is 16.8 Å². The summed E-state index contributed by atoms with van der Waals surface area (Å²) in [5.41, 5.74) is 2.49. The average Bonchev–Trinajstić information content (AvgIpc) is 3.27. The second-order valence-electron chi connectivity index (χ2n) is 7.30. The lowest BCUT2D eigenvalue weighted by Gasteiger charge is -2.12. The standard InChI is InChI=1S/C23H21N3O3S2/c1-15(2)26-31(28,29)17-11-9-16(10-12-17)24-23(27)19-14-21(22-8-5-13-30-22)25-20-7-4-3-6-18(19)20/h3-15,26H,1-2H3,(H,24,27). The van der Waals surface area contributed by atoms with Crippen LogP contribution >= 0.6 is 11.3 Å². The minimum atomic E-state index is -3.59. The highest BCUT2D eigenvalue weighted by Crippen LogP contribution is 2.28. The van der Waals surface area contributed by atoms with Crippen LogP contribution in [0.2, 0.25) is 0 Å². The number of aromatic nitrogens is 1. The van der Waals surface area contributed by atoms with Crippen LogP contribution in [0.5, 0.6) is 0 Å². The molecule has 2 N–H and O–H groups in total. The van der Waals surface area contributed by atoms with E-state index >= 15 is 0 Å². The van der Waals surface area contributed by atoms with Crippen molar-refractivity contribution in [1.29, 1.82) is 0 Å². The predicted octanol–water partition coefficient (Wildman–Crippen LogP) is 4.90. The van der Waals surface area contributed by atoms with Crippen molar-refractivity contribution < 1.29 is 13.2 Å². The van der Waals surface area contributed by atoms with E-state index in [0.29, 0.717) is 11.3 Å². The Morgan fingerprint density at radius 3 is 2.42 bits per heavy atom. The highest BCUT2D eigenvalue weighted by molar-refractivity contribution is 7.89. The Balaban J connectivity index is 1.64. The third kappa shape index (κ3) is 4.66. The zero-order valence-corrected chi connectivity index (χ0v) is 18.6. The molecule has 0 aliphatic carbocycles. The quantitative estimate of drug-likeness (QED) is 0.436. The molecule has 0 radical (unpaired) electrons. The van der Waals surface area contributed by atoms with Crippen LogP contribution in [0.15, 0.2) is 77.0 Å². The van der Waals surface area contributed by atoms with Crippen LogP contribution < -0.4 is 10.0 Å². The van der Waals surface area contributed by atoms with Crippen molar-refractivity contribution in [2.75, 3.05) is 5.32 Å². The first-order chi connectivity index (χ1) is 14.8. The van der Waals surface area contributed by atoms with Crippen LogP contribution in [0.1, 0.15) is 24.2 Å². The van der Waals surface area contributed by atoms with Crippen molar-refractivity contribution in [3.05, 3.63) is 77.7 Å². The number of anilines is 1. The smallest absolute Gasteiger partial charge is 0.256 e. The van der Waals surface area contributed by atoms with Crippen molar-refractivity contribution in [2.45, 2.75) is 24.8 Å². The number of benzene rings is 2. The number of thiophene rings is 1. The minimum Gasteiger partial charge on any atom is -0.322 e. The summed E-state index contributed by atoms with van der Waals surface area (Å²) >= 11 is 1.56. The number of rotatable bonds is 6. The third-order valence-corrected chi connectivity index (χ3v) is 7.11. The molecule has 4 aromatic rings. The van der Waals surface area contributed by atoms with Crippen LogP contribution in [-0.4, -0.2) is 25.4 Å². The van der Waals surface area contributed by atoms with Gasteiger partial charge in [-0.05, 0) is 61.7 Å². The van der Waals surface area contributed by atoms with Gasteiger partial charge in [0.05, 0.1) is 26.5 Å². The van der Waals surface area contributed by atoms with Crippen LogP contribution in [0, 0.1) is 0 Å². The van der Waals surface area contributed by atoms with E-state index in [9.17, 15) is 13.2 Å². The molecule has 0 spiro atoms. The van der Waals surface area contributed by atoms with Crippen LogP contribution in [0.25, 0.3) is 21.5 Å². The molecule has 0 aliphatic rings. The first-order valence-corrected chi connectivity index (χ1v) is 12.1. The van der Waals surface area contributed by atoms with E-state index in [1.165, 1.54) is 12.1 Å². The molecule has 6 nitrogen and oxygen atoms in total. The molecule has 31 heavy (non-hydrogen) atoms. The molecule has 158 valence electrons. The van der Waals surface area contributed by atoms with Crippen LogP contribution in [0.4, 0.5) is 5.69 Å². The Bertz CT molecular complexity index is 1330. The van der Waals surface area contributed by atoms with Crippen molar-refractivity contribution >= 4 is 43.9 Å². The van der Waals surface area contributed by atoms with E-state index < -0.39 is 10.0 Å². The number of pyridine rings is 1. The van der Waals surface area contributed by atoms with E-state index in [1.54, 1.807) is 43.4 Å². The van der Waals surface area contributed by atoms with Gasteiger partial charge in [-0.15, -0.1) is 11.3 Å². The summed E-state index contributed by atoms with van der Waals surface area (Å²) in [5, 5.41) is 5.58. The Morgan fingerprint density at radius 1 is 1.00 bits per heavy atom. The first kappa shape index (κ1) is 21.2. The number of amides is 1. The van der Waals surface area contributed by atoms with Gasteiger partial charge < -0.3 is 5.32 Å². The summed E-state index contributed by atoms with van der Waals surface area (Å²) in [5.74, 6) is -0.285. The summed E-state index contributed by atoms with van der Waals surface area (Å²) in [6, 6.07) is 19.1. The molecule has 2 aromatic heterocycles. The van der Waals surface area contributed by atoms with E-state index in [0.717, 1.165) is 21.5 Å². The minimum absolute atomic E-state index is 0.147. The molecule has 0 aliphatic heterocycles. The van der Waals surface area contributed by atoms with Crippen molar-refractivity contribution in [1.82, 2.24) is 9.71 Å². The fourth-order valence-electron chi connectivity index (χ4n) is 3.21. The molecule has 0 fully saturated rings. The van der Waals surface area contributed by atoms with Crippen LogP contribution in [0.3, 0.4) is 0 Å². The molecule has 0 atom stereocenters. The number of hydrogen-bond donors (Lipinski definition) is 2. The van der Waals surface area contributed by atoms with E-state index in [2.05, 4.69) is 15.0 Å². The Labute approximate surface area is 185 Å². The number of carbonyl (C=O) groups excluding carboxylic acids is 1. The predicted molar refractivity (Wildman–Crippen MR) is 125 cm³/mol. The van der Waals surface area contributed by atoms with Gasteiger partial charge in [-0.3, -0.25) is 4.79 Å². The Morgan fingerprint density at radius 2 is 1.74 bits per heavy atom. The zero-order chi connectivity index (χ0) is 22.0. The Hall–Kier alpha value is -3.07.